The van der Waals surface area contributed by atoms with Gasteiger partial charge in [-0.3, -0.25) is 0 Å². The minimum atomic E-state index is -1.15. The lowest BCUT2D eigenvalue weighted by Gasteiger charge is -2.41. The van der Waals surface area contributed by atoms with Gasteiger partial charge in [-0.25, -0.2) is 22.8 Å². The molecule has 1 unspecified atom stereocenters. The van der Waals surface area contributed by atoms with Gasteiger partial charge in [-0.05, 0) is 27.7 Å². The second-order valence-corrected chi connectivity index (χ2v) is 7.11. The number of halogens is 3. The lowest BCUT2D eigenvalue weighted by atomic mass is 10.1. The van der Waals surface area contributed by atoms with E-state index in [0.717, 1.165) is 4.90 Å². The van der Waals surface area contributed by atoms with Gasteiger partial charge in [0.1, 0.15) is 23.1 Å². The van der Waals surface area contributed by atoms with Crippen LogP contribution in [-0.2, 0) is 14.3 Å². The van der Waals surface area contributed by atoms with Gasteiger partial charge in [0.25, 0.3) is 0 Å². The first-order chi connectivity index (χ1) is 12.5. The topological polar surface area (TPSA) is 59.1 Å². The molecule has 1 fully saturated rings. The summed E-state index contributed by atoms with van der Waals surface area (Å²) in [5.41, 5.74) is -1.26. The third kappa shape index (κ3) is 5.05. The number of esters is 1. The molecular weight excluding hydrogens is 365 g/mol. The maximum atomic E-state index is 14.2. The third-order valence-corrected chi connectivity index (χ3v) is 3.86. The lowest BCUT2D eigenvalue weighted by molar-refractivity contribution is -0.145. The summed E-state index contributed by atoms with van der Waals surface area (Å²) in [6.07, 6.45) is -0.642. The molecule has 27 heavy (non-hydrogen) atoms. The zero-order valence-corrected chi connectivity index (χ0v) is 15.7. The lowest BCUT2D eigenvalue weighted by Crippen LogP contribution is -2.59. The van der Waals surface area contributed by atoms with Crippen LogP contribution in [-0.4, -0.2) is 54.8 Å². The van der Waals surface area contributed by atoms with E-state index in [2.05, 4.69) is 0 Å². The van der Waals surface area contributed by atoms with Crippen LogP contribution in [0.3, 0.4) is 0 Å². The zero-order valence-electron chi connectivity index (χ0n) is 15.7. The van der Waals surface area contributed by atoms with Crippen molar-refractivity contribution in [3.63, 3.8) is 0 Å². The fourth-order valence-electron chi connectivity index (χ4n) is 2.79. The van der Waals surface area contributed by atoms with Crippen molar-refractivity contribution in [2.75, 3.05) is 31.1 Å². The highest BCUT2D eigenvalue weighted by Crippen LogP contribution is 2.29. The van der Waals surface area contributed by atoms with E-state index in [0.29, 0.717) is 12.1 Å². The minimum Gasteiger partial charge on any atom is -0.464 e. The fourth-order valence-corrected chi connectivity index (χ4v) is 2.79. The number of amides is 1. The molecule has 1 saturated heterocycles. The van der Waals surface area contributed by atoms with Crippen LogP contribution in [0.15, 0.2) is 12.1 Å². The molecule has 0 radical (unpaired) electrons. The average molecular weight is 388 g/mol. The summed E-state index contributed by atoms with van der Waals surface area (Å²) in [7, 11) is 0. The van der Waals surface area contributed by atoms with Crippen LogP contribution in [0.1, 0.15) is 27.7 Å². The first-order valence-electron chi connectivity index (χ1n) is 8.59. The molecule has 1 aliphatic rings. The highest BCUT2D eigenvalue weighted by atomic mass is 19.1. The molecule has 1 heterocycles. The normalized spacial score (nSPS) is 17.7. The third-order valence-electron chi connectivity index (χ3n) is 3.86. The van der Waals surface area contributed by atoms with Crippen LogP contribution in [0.25, 0.3) is 0 Å². The van der Waals surface area contributed by atoms with Gasteiger partial charge < -0.3 is 19.3 Å². The van der Waals surface area contributed by atoms with E-state index in [9.17, 15) is 22.8 Å². The van der Waals surface area contributed by atoms with E-state index >= 15 is 0 Å². The van der Waals surface area contributed by atoms with Gasteiger partial charge in [0.2, 0.25) is 0 Å². The first kappa shape index (κ1) is 20.9. The minimum absolute atomic E-state index is 0.0534. The number of benzene rings is 1. The van der Waals surface area contributed by atoms with E-state index < -0.39 is 46.8 Å². The quantitative estimate of drug-likeness (QED) is 0.745. The van der Waals surface area contributed by atoms with Crippen molar-refractivity contribution in [1.29, 1.82) is 0 Å². The van der Waals surface area contributed by atoms with Crippen LogP contribution in [0.4, 0.5) is 23.7 Å². The van der Waals surface area contributed by atoms with Crippen molar-refractivity contribution in [3.05, 3.63) is 29.6 Å². The summed E-state index contributed by atoms with van der Waals surface area (Å²) in [5, 5.41) is 0. The number of rotatable bonds is 3. The van der Waals surface area contributed by atoms with Gasteiger partial charge in [-0.2, -0.15) is 0 Å². The molecule has 0 aromatic heterocycles. The number of hydrogen-bond acceptors (Lipinski definition) is 5. The first-order valence-corrected chi connectivity index (χ1v) is 8.59. The second kappa shape index (κ2) is 8.06. The molecular formula is C18H23F3N2O4. The number of piperazine rings is 1. The molecule has 0 N–H and O–H groups in total. The van der Waals surface area contributed by atoms with Gasteiger partial charge in [-0.1, -0.05) is 0 Å². The molecule has 0 aliphatic carbocycles. The molecule has 1 atom stereocenters. The summed E-state index contributed by atoms with van der Waals surface area (Å²) in [4.78, 5) is 27.1. The molecule has 1 aromatic rings. The molecule has 0 spiro atoms. The summed E-state index contributed by atoms with van der Waals surface area (Å²) in [6, 6.07) is -0.0671. The maximum absolute atomic E-state index is 14.2. The summed E-state index contributed by atoms with van der Waals surface area (Å²) in [6.45, 7) is 6.60. The smallest absolute Gasteiger partial charge is 0.410 e. The number of hydrogen-bond donors (Lipinski definition) is 0. The summed E-state index contributed by atoms with van der Waals surface area (Å²) < 4.78 is 51.9. The van der Waals surface area contributed by atoms with Crippen molar-refractivity contribution in [2.45, 2.75) is 39.3 Å². The summed E-state index contributed by atoms with van der Waals surface area (Å²) >= 11 is 0. The SMILES string of the molecule is CCOC(=O)C1CN(C(=O)OC(C)(C)C)CCN1c1c(F)cc(F)cc1F. The molecule has 9 heteroatoms. The van der Waals surface area contributed by atoms with Crippen molar-refractivity contribution < 1.29 is 32.2 Å². The Hall–Kier alpha value is -2.45. The van der Waals surface area contributed by atoms with Crippen LogP contribution in [0, 0.1) is 17.5 Å². The molecule has 2 rings (SSSR count). The Kier molecular flexibility index (Phi) is 6.22. The Morgan fingerprint density at radius 3 is 2.26 bits per heavy atom. The number of nitrogens with zero attached hydrogens (tertiary/aromatic N) is 2. The zero-order chi connectivity index (χ0) is 20.4. The van der Waals surface area contributed by atoms with Crippen LogP contribution in [0.5, 0.6) is 0 Å². The standard InChI is InChI=1S/C18H23F3N2O4/c1-5-26-16(24)14-10-22(17(25)27-18(2,3)4)6-7-23(14)15-12(20)8-11(19)9-13(15)21/h8-9,14H,5-7,10H2,1-4H3. The van der Waals surface area contributed by atoms with E-state index in [4.69, 9.17) is 9.47 Å². The van der Waals surface area contributed by atoms with Crippen LogP contribution >= 0.6 is 0 Å². The number of carbonyl (C=O) groups is 2. The van der Waals surface area contributed by atoms with Crippen molar-refractivity contribution >= 4 is 17.7 Å². The van der Waals surface area contributed by atoms with Crippen LogP contribution < -0.4 is 4.90 Å². The number of ether oxygens (including phenoxy) is 2. The Morgan fingerprint density at radius 2 is 1.74 bits per heavy atom. The molecule has 1 aromatic carbocycles. The second-order valence-electron chi connectivity index (χ2n) is 7.11. The van der Waals surface area contributed by atoms with Crippen molar-refractivity contribution in [2.24, 2.45) is 0 Å². The summed E-state index contributed by atoms with van der Waals surface area (Å²) in [5.74, 6) is -4.07. The Bertz CT molecular complexity index is 698. The Balaban J connectivity index is 2.32. The molecule has 0 bridgehead atoms. The number of carbonyl (C=O) groups excluding carboxylic acids is 2. The van der Waals surface area contributed by atoms with E-state index in [-0.39, 0.29) is 26.2 Å². The average Bonchev–Trinajstić information content (AvgIpc) is 2.52. The Morgan fingerprint density at radius 1 is 1.15 bits per heavy atom. The molecule has 0 saturated carbocycles. The predicted molar refractivity (Wildman–Crippen MR) is 91.9 cm³/mol. The monoisotopic (exact) mass is 388 g/mol. The van der Waals surface area contributed by atoms with E-state index in [1.807, 2.05) is 0 Å². The van der Waals surface area contributed by atoms with E-state index in [1.165, 1.54) is 4.90 Å². The van der Waals surface area contributed by atoms with Gasteiger partial charge in [0.15, 0.2) is 11.6 Å². The van der Waals surface area contributed by atoms with E-state index in [1.54, 1.807) is 27.7 Å². The van der Waals surface area contributed by atoms with Gasteiger partial charge in [0, 0.05) is 25.2 Å². The molecule has 1 amide bonds. The highest BCUT2D eigenvalue weighted by Gasteiger charge is 2.39. The molecule has 1 aliphatic heterocycles. The highest BCUT2D eigenvalue weighted by molar-refractivity contribution is 5.82. The maximum Gasteiger partial charge on any atom is 0.410 e. The number of anilines is 1. The predicted octanol–water partition coefficient (Wildman–Crippen LogP) is 3.09. The molecule has 150 valence electrons. The van der Waals surface area contributed by atoms with Gasteiger partial charge >= 0.3 is 12.1 Å². The fraction of sp³-hybridized carbons (Fsp3) is 0.556. The van der Waals surface area contributed by atoms with Crippen molar-refractivity contribution in [3.8, 4) is 0 Å². The largest absolute Gasteiger partial charge is 0.464 e. The molecule has 6 nitrogen and oxygen atoms in total. The van der Waals surface area contributed by atoms with Crippen molar-refractivity contribution in [1.82, 2.24) is 4.90 Å². The van der Waals surface area contributed by atoms with Gasteiger partial charge in [0.05, 0.1) is 13.2 Å². The Labute approximate surface area is 155 Å². The van der Waals surface area contributed by atoms with Gasteiger partial charge in [-0.15, -0.1) is 0 Å². The van der Waals surface area contributed by atoms with Crippen LogP contribution in [0.2, 0.25) is 0 Å².